The van der Waals surface area contributed by atoms with E-state index in [2.05, 4.69) is 10.3 Å². The van der Waals surface area contributed by atoms with Gasteiger partial charge < -0.3 is 24.6 Å². The second-order valence-electron chi connectivity index (χ2n) is 5.43. The van der Waals surface area contributed by atoms with Crippen molar-refractivity contribution in [3.63, 3.8) is 0 Å². The minimum atomic E-state index is 0.0318. The lowest BCUT2D eigenvalue weighted by atomic mass is 10.2. The van der Waals surface area contributed by atoms with Gasteiger partial charge in [-0.05, 0) is 12.1 Å². The molecule has 1 aromatic rings. The van der Waals surface area contributed by atoms with Gasteiger partial charge in [-0.25, -0.2) is 4.79 Å². The molecule has 0 saturated carbocycles. The van der Waals surface area contributed by atoms with Gasteiger partial charge in [-0.2, -0.15) is 0 Å². The van der Waals surface area contributed by atoms with Crippen LogP contribution in [0.3, 0.4) is 0 Å². The minimum Gasteiger partial charge on any atom is -0.490 e. The van der Waals surface area contributed by atoms with Crippen molar-refractivity contribution < 1.29 is 14.3 Å². The van der Waals surface area contributed by atoms with Crippen molar-refractivity contribution in [3.05, 3.63) is 24.5 Å². The quantitative estimate of drug-likeness (QED) is 0.863. The van der Waals surface area contributed by atoms with Gasteiger partial charge in [0.15, 0.2) is 0 Å². The summed E-state index contributed by atoms with van der Waals surface area (Å²) < 4.78 is 11.1. The van der Waals surface area contributed by atoms with E-state index in [4.69, 9.17) is 9.47 Å². The molecular formula is C15H22N4O3. The van der Waals surface area contributed by atoms with Crippen LogP contribution < -0.4 is 10.1 Å². The molecule has 1 unspecified atom stereocenters. The van der Waals surface area contributed by atoms with Crippen LogP contribution in [-0.4, -0.2) is 79.4 Å². The van der Waals surface area contributed by atoms with Gasteiger partial charge in [-0.1, -0.05) is 0 Å². The van der Waals surface area contributed by atoms with Gasteiger partial charge >= 0.3 is 6.03 Å². The summed E-state index contributed by atoms with van der Waals surface area (Å²) in [6.45, 7) is 5.31. The third-order valence-electron chi connectivity index (χ3n) is 3.95. The van der Waals surface area contributed by atoms with Gasteiger partial charge in [0.1, 0.15) is 12.4 Å². The third kappa shape index (κ3) is 3.66. The molecule has 3 rings (SSSR count). The predicted octanol–water partition coefficient (Wildman–Crippen LogP) is 0.186. The number of aromatic nitrogens is 1. The lowest BCUT2D eigenvalue weighted by molar-refractivity contribution is 0.0330. The van der Waals surface area contributed by atoms with E-state index in [1.54, 1.807) is 12.4 Å². The van der Waals surface area contributed by atoms with Crippen LogP contribution in [0.25, 0.3) is 0 Å². The maximum atomic E-state index is 12.7. The van der Waals surface area contributed by atoms with E-state index in [0.29, 0.717) is 39.5 Å². The Morgan fingerprint density at radius 3 is 3.05 bits per heavy atom. The molecule has 2 saturated heterocycles. The number of amides is 2. The fraction of sp³-hybridized carbons (Fsp3) is 0.600. The molecule has 120 valence electrons. The van der Waals surface area contributed by atoms with E-state index in [-0.39, 0.29) is 12.1 Å². The molecule has 2 aliphatic rings. The lowest BCUT2D eigenvalue weighted by Crippen LogP contribution is -2.60. The molecule has 0 bridgehead atoms. The zero-order valence-electron chi connectivity index (χ0n) is 12.6. The van der Waals surface area contributed by atoms with E-state index in [0.717, 1.165) is 18.8 Å². The Hall–Kier alpha value is -1.86. The summed E-state index contributed by atoms with van der Waals surface area (Å²) in [7, 11) is 0. The highest BCUT2D eigenvalue weighted by molar-refractivity contribution is 5.75. The number of piperazine rings is 1. The first kappa shape index (κ1) is 15.1. The summed E-state index contributed by atoms with van der Waals surface area (Å²) in [4.78, 5) is 20.5. The number of hydrogen-bond acceptors (Lipinski definition) is 5. The molecular weight excluding hydrogens is 284 g/mol. The molecule has 0 spiro atoms. The van der Waals surface area contributed by atoms with Gasteiger partial charge in [-0.3, -0.25) is 4.98 Å². The van der Waals surface area contributed by atoms with Crippen LogP contribution in [0.4, 0.5) is 4.79 Å². The van der Waals surface area contributed by atoms with Crippen molar-refractivity contribution in [1.82, 2.24) is 20.1 Å². The fourth-order valence-electron chi connectivity index (χ4n) is 2.72. The van der Waals surface area contributed by atoms with Crippen LogP contribution in [0.2, 0.25) is 0 Å². The first-order chi connectivity index (χ1) is 10.8. The SMILES string of the molecule is O=C(N1CCOCC1)N1CCNCC1COc1cccnc1. The third-order valence-corrected chi connectivity index (χ3v) is 3.95. The number of nitrogens with one attached hydrogen (secondary N) is 1. The summed E-state index contributed by atoms with van der Waals surface area (Å²) in [5.74, 6) is 0.729. The molecule has 2 fully saturated rings. The molecule has 0 radical (unpaired) electrons. The maximum Gasteiger partial charge on any atom is 0.320 e. The topological polar surface area (TPSA) is 66.9 Å². The Labute approximate surface area is 130 Å². The number of morpholine rings is 1. The number of rotatable bonds is 3. The molecule has 1 aromatic heterocycles. The Bertz CT molecular complexity index is 479. The maximum absolute atomic E-state index is 12.7. The van der Waals surface area contributed by atoms with Gasteiger partial charge in [0.2, 0.25) is 0 Å². The van der Waals surface area contributed by atoms with Crippen LogP contribution in [0.15, 0.2) is 24.5 Å². The van der Waals surface area contributed by atoms with E-state index in [9.17, 15) is 4.79 Å². The van der Waals surface area contributed by atoms with E-state index in [1.165, 1.54) is 0 Å². The lowest BCUT2D eigenvalue weighted by Gasteiger charge is -2.40. The number of urea groups is 1. The molecule has 1 N–H and O–H groups in total. The van der Waals surface area contributed by atoms with Crippen molar-refractivity contribution in [2.24, 2.45) is 0 Å². The molecule has 0 aliphatic carbocycles. The zero-order chi connectivity index (χ0) is 15.2. The standard InChI is InChI=1S/C15H22N4O3/c20-15(18-6-8-21-9-7-18)19-5-4-17-10-13(19)12-22-14-2-1-3-16-11-14/h1-3,11,13,17H,4-10,12H2. The van der Waals surface area contributed by atoms with Crippen molar-refractivity contribution in [2.75, 3.05) is 52.5 Å². The average Bonchev–Trinajstić information content (AvgIpc) is 2.61. The fourth-order valence-corrected chi connectivity index (χ4v) is 2.72. The Morgan fingerprint density at radius 2 is 2.27 bits per heavy atom. The second-order valence-corrected chi connectivity index (χ2v) is 5.43. The van der Waals surface area contributed by atoms with Gasteiger partial charge in [0, 0.05) is 38.9 Å². The first-order valence-corrected chi connectivity index (χ1v) is 7.71. The molecule has 2 amide bonds. The number of carbonyl (C=O) groups excluding carboxylic acids is 1. The zero-order valence-corrected chi connectivity index (χ0v) is 12.6. The Morgan fingerprint density at radius 1 is 1.41 bits per heavy atom. The molecule has 2 aliphatic heterocycles. The van der Waals surface area contributed by atoms with Crippen molar-refractivity contribution in [3.8, 4) is 5.75 Å². The van der Waals surface area contributed by atoms with E-state index < -0.39 is 0 Å². The molecule has 7 nitrogen and oxygen atoms in total. The molecule has 3 heterocycles. The molecule has 1 atom stereocenters. The van der Waals surface area contributed by atoms with E-state index >= 15 is 0 Å². The highest BCUT2D eigenvalue weighted by Crippen LogP contribution is 2.13. The van der Waals surface area contributed by atoms with Crippen molar-refractivity contribution in [1.29, 1.82) is 0 Å². The number of ether oxygens (including phenoxy) is 2. The summed E-state index contributed by atoms with van der Waals surface area (Å²) in [5.41, 5.74) is 0. The molecule has 0 aromatic carbocycles. The smallest absolute Gasteiger partial charge is 0.320 e. The predicted molar refractivity (Wildman–Crippen MR) is 80.9 cm³/mol. The van der Waals surface area contributed by atoms with Crippen molar-refractivity contribution in [2.45, 2.75) is 6.04 Å². The van der Waals surface area contributed by atoms with Gasteiger partial charge in [-0.15, -0.1) is 0 Å². The number of hydrogen-bond donors (Lipinski definition) is 1. The first-order valence-electron chi connectivity index (χ1n) is 7.71. The highest BCUT2D eigenvalue weighted by atomic mass is 16.5. The number of pyridine rings is 1. The second kappa shape index (κ2) is 7.42. The largest absolute Gasteiger partial charge is 0.490 e. The normalized spacial score (nSPS) is 22.5. The Kier molecular flexibility index (Phi) is 5.07. The van der Waals surface area contributed by atoms with Crippen LogP contribution >= 0.6 is 0 Å². The van der Waals surface area contributed by atoms with Crippen LogP contribution in [0.5, 0.6) is 5.75 Å². The monoisotopic (exact) mass is 306 g/mol. The van der Waals surface area contributed by atoms with Crippen LogP contribution in [0.1, 0.15) is 0 Å². The summed E-state index contributed by atoms with van der Waals surface area (Å²) in [6.07, 6.45) is 3.40. The Balaban J connectivity index is 1.59. The summed E-state index contributed by atoms with van der Waals surface area (Å²) in [6, 6.07) is 3.83. The van der Waals surface area contributed by atoms with Crippen LogP contribution in [0, 0.1) is 0 Å². The van der Waals surface area contributed by atoms with Gasteiger partial charge in [0.25, 0.3) is 0 Å². The molecule has 7 heteroatoms. The summed E-state index contributed by atoms with van der Waals surface area (Å²) in [5, 5.41) is 3.33. The van der Waals surface area contributed by atoms with Crippen LogP contribution in [-0.2, 0) is 4.74 Å². The minimum absolute atomic E-state index is 0.0318. The summed E-state index contributed by atoms with van der Waals surface area (Å²) >= 11 is 0. The average molecular weight is 306 g/mol. The van der Waals surface area contributed by atoms with E-state index in [1.807, 2.05) is 21.9 Å². The highest BCUT2D eigenvalue weighted by Gasteiger charge is 2.31. The van der Waals surface area contributed by atoms with Crippen molar-refractivity contribution >= 4 is 6.03 Å². The van der Waals surface area contributed by atoms with Gasteiger partial charge in [0.05, 0.1) is 25.5 Å². The molecule has 22 heavy (non-hydrogen) atoms. The number of carbonyl (C=O) groups is 1. The number of nitrogens with zero attached hydrogens (tertiary/aromatic N) is 3.